The van der Waals surface area contributed by atoms with E-state index in [4.69, 9.17) is 9.47 Å². The maximum absolute atomic E-state index is 5.57. The van der Waals surface area contributed by atoms with Crippen molar-refractivity contribution in [2.75, 3.05) is 40.4 Å². The summed E-state index contributed by atoms with van der Waals surface area (Å²) in [4.78, 5) is 2.40. The molecule has 4 heteroatoms. The number of piperazine rings is 1. The molecule has 1 aliphatic heterocycles. The summed E-state index contributed by atoms with van der Waals surface area (Å²) in [5.41, 5.74) is 2.20. The Hall–Kier alpha value is -1.52. The van der Waals surface area contributed by atoms with Crippen molar-refractivity contribution in [1.29, 1.82) is 0 Å². The number of hydrogen-bond acceptors (Lipinski definition) is 4. The SMILES string of the molecule is C=C[C@H](c1c(OC)cc(C)cc1OC)N1CCNCC1. The van der Waals surface area contributed by atoms with E-state index in [1.165, 1.54) is 0 Å². The highest BCUT2D eigenvalue weighted by Gasteiger charge is 2.25. The summed E-state index contributed by atoms with van der Waals surface area (Å²) in [5.74, 6) is 1.73. The van der Waals surface area contributed by atoms with Crippen LogP contribution in [-0.2, 0) is 0 Å². The fraction of sp³-hybridized carbons (Fsp3) is 0.500. The summed E-state index contributed by atoms with van der Waals surface area (Å²) in [5, 5.41) is 3.37. The molecular weight excluding hydrogens is 252 g/mol. The summed E-state index contributed by atoms with van der Waals surface area (Å²) in [7, 11) is 3.41. The second-order valence-electron chi connectivity index (χ2n) is 5.05. The number of methoxy groups -OCH3 is 2. The molecule has 1 aromatic rings. The van der Waals surface area contributed by atoms with E-state index in [0.717, 1.165) is 48.8 Å². The van der Waals surface area contributed by atoms with Crippen LogP contribution < -0.4 is 14.8 Å². The van der Waals surface area contributed by atoms with Gasteiger partial charge < -0.3 is 14.8 Å². The van der Waals surface area contributed by atoms with Crippen molar-refractivity contribution in [1.82, 2.24) is 10.2 Å². The summed E-state index contributed by atoms with van der Waals surface area (Å²) in [6, 6.07) is 4.22. The van der Waals surface area contributed by atoms with Gasteiger partial charge in [-0.15, -0.1) is 6.58 Å². The van der Waals surface area contributed by atoms with E-state index in [0.29, 0.717) is 0 Å². The van der Waals surface area contributed by atoms with Gasteiger partial charge in [0.25, 0.3) is 0 Å². The van der Waals surface area contributed by atoms with Gasteiger partial charge in [-0.1, -0.05) is 6.08 Å². The van der Waals surface area contributed by atoms with Crippen LogP contribution in [0.2, 0.25) is 0 Å². The molecule has 1 heterocycles. The van der Waals surface area contributed by atoms with Gasteiger partial charge in [-0.25, -0.2) is 0 Å². The Labute approximate surface area is 121 Å². The highest BCUT2D eigenvalue weighted by atomic mass is 16.5. The zero-order chi connectivity index (χ0) is 14.5. The molecule has 0 amide bonds. The minimum absolute atomic E-state index is 0.114. The van der Waals surface area contributed by atoms with Gasteiger partial charge in [0.1, 0.15) is 11.5 Å². The summed E-state index contributed by atoms with van der Waals surface area (Å²) in [6.45, 7) is 10.1. The third kappa shape index (κ3) is 2.97. The Balaban J connectivity index is 2.43. The second-order valence-corrected chi connectivity index (χ2v) is 5.05. The van der Waals surface area contributed by atoms with Crippen LogP contribution in [0.1, 0.15) is 17.2 Å². The van der Waals surface area contributed by atoms with Gasteiger partial charge in [0.15, 0.2) is 0 Å². The standard InChI is InChI=1S/C16H24N2O2/c1-5-13(18-8-6-17-7-9-18)16-14(19-3)10-12(2)11-15(16)20-4/h5,10-11,13,17H,1,6-9H2,2-4H3/t13-/m1/s1. The van der Waals surface area contributed by atoms with E-state index in [1.807, 2.05) is 13.0 Å². The van der Waals surface area contributed by atoms with Crippen molar-refractivity contribution in [3.05, 3.63) is 35.9 Å². The number of ether oxygens (including phenoxy) is 2. The zero-order valence-electron chi connectivity index (χ0n) is 12.6. The largest absolute Gasteiger partial charge is 0.496 e. The first-order valence-electron chi connectivity index (χ1n) is 7.01. The lowest BCUT2D eigenvalue weighted by Crippen LogP contribution is -2.44. The molecule has 20 heavy (non-hydrogen) atoms. The van der Waals surface area contributed by atoms with Gasteiger partial charge in [-0.05, 0) is 24.6 Å². The molecule has 1 aromatic carbocycles. The molecule has 0 saturated carbocycles. The van der Waals surface area contributed by atoms with Crippen LogP contribution in [0.4, 0.5) is 0 Å². The first kappa shape index (κ1) is 14.9. The third-order valence-electron chi connectivity index (χ3n) is 3.75. The molecule has 0 aliphatic carbocycles. The number of nitrogens with one attached hydrogen (secondary N) is 1. The first-order chi connectivity index (χ1) is 9.71. The van der Waals surface area contributed by atoms with Crippen LogP contribution in [0.15, 0.2) is 24.8 Å². The summed E-state index contributed by atoms with van der Waals surface area (Å²) < 4.78 is 11.1. The molecule has 0 radical (unpaired) electrons. The van der Waals surface area contributed by atoms with Crippen LogP contribution >= 0.6 is 0 Å². The Morgan fingerprint density at radius 3 is 2.20 bits per heavy atom. The predicted octanol–water partition coefficient (Wildman–Crippen LogP) is 2.14. The van der Waals surface area contributed by atoms with Gasteiger partial charge in [-0.2, -0.15) is 0 Å². The van der Waals surface area contributed by atoms with Crippen molar-refractivity contribution in [3.8, 4) is 11.5 Å². The minimum Gasteiger partial charge on any atom is -0.496 e. The van der Waals surface area contributed by atoms with Gasteiger partial charge in [0, 0.05) is 26.2 Å². The maximum atomic E-state index is 5.57. The zero-order valence-corrected chi connectivity index (χ0v) is 12.6. The van der Waals surface area contributed by atoms with E-state index in [2.05, 4.69) is 28.9 Å². The second kappa shape index (κ2) is 6.77. The Morgan fingerprint density at radius 2 is 1.75 bits per heavy atom. The van der Waals surface area contributed by atoms with Gasteiger partial charge in [0.05, 0.1) is 25.8 Å². The van der Waals surface area contributed by atoms with E-state index in [1.54, 1.807) is 14.2 Å². The number of rotatable bonds is 5. The predicted molar refractivity (Wildman–Crippen MR) is 81.7 cm³/mol. The topological polar surface area (TPSA) is 33.7 Å². The molecule has 0 unspecified atom stereocenters. The number of nitrogens with zero attached hydrogens (tertiary/aromatic N) is 1. The molecule has 1 atom stereocenters. The van der Waals surface area contributed by atoms with E-state index in [-0.39, 0.29) is 6.04 Å². The fourth-order valence-electron chi connectivity index (χ4n) is 2.77. The van der Waals surface area contributed by atoms with Crippen LogP contribution in [0.5, 0.6) is 11.5 Å². The molecule has 1 saturated heterocycles. The van der Waals surface area contributed by atoms with E-state index >= 15 is 0 Å². The van der Waals surface area contributed by atoms with Crippen molar-refractivity contribution in [3.63, 3.8) is 0 Å². The molecule has 1 N–H and O–H groups in total. The number of benzene rings is 1. The molecule has 2 rings (SSSR count). The van der Waals surface area contributed by atoms with Crippen LogP contribution in [0.3, 0.4) is 0 Å². The molecule has 0 spiro atoms. The number of hydrogen-bond donors (Lipinski definition) is 1. The van der Waals surface area contributed by atoms with Crippen molar-refractivity contribution in [2.45, 2.75) is 13.0 Å². The van der Waals surface area contributed by atoms with Crippen molar-refractivity contribution >= 4 is 0 Å². The van der Waals surface area contributed by atoms with E-state index < -0.39 is 0 Å². The third-order valence-corrected chi connectivity index (χ3v) is 3.75. The average Bonchev–Trinajstić information content (AvgIpc) is 2.49. The molecule has 0 bridgehead atoms. The first-order valence-corrected chi connectivity index (χ1v) is 7.01. The lowest BCUT2D eigenvalue weighted by atomic mass is 10.00. The molecule has 110 valence electrons. The minimum atomic E-state index is 0.114. The van der Waals surface area contributed by atoms with Gasteiger partial charge in [0.2, 0.25) is 0 Å². The van der Waals surface area contributed by atoms with Crippen LogP contribution in [0.25, 0.3) is 0 Å². The van der Waals surface area contributed by atoms with Crippen molar-refractivity contribution in [2.24, 2.45) is 0 Å². The quantitative estimate of drug-likeness (QED) is 0.836. The highest BCUT2D eigenvalue weighted by Crippen LogP contribution is 2.38. The molecule has 1 fully saturated rings. The van der Waals surface area contributed by atoms with E-state index in [9.17, 15) is 0 Å². The molecule has 0 aromatic heterocycles. The summed E-state index contributed by atoms with van der Waals surface area (Å²) >= 11 is 0. The van der Waals surface area contributed by atoms with Gasteiger partial charge in [-0.3, -0.25) is 4.90 Å². The summed E-state index contributed by atoms with van der Waals surface area (Å²) in [6.07, 6.45) is 1.97. The Morgan fingerprint density at radius 1 is 1.20 bits per heavy atom. The fourth-order valence-corrected chi connectivity index (χ4v) is 2.77. The van der Waals surface area contributed by atoms with Crippen LogP contribution in [0, 0.1) is 6.92 Å². The smallest absolute Gasteiger partial charge is 0.127 e. The average molecular weight is 276 g/mol. The Bertz CT molecular complexity index is 443. The lowest BCUT2D eigenvalue weighted by Gasteiger charge is -2.34. The number of aryl methyl sites for hydroxylation is 1. The van der Waals surface area contributed by atoms with Crippen LogP contribution in [-0.4, -0.2) is 45.3 Å². The monoisotopic (exact) mass is 276 g/mol. The maximum Gasteiger partial charge on any atom is 0.127 e. The molecule has 1 aliphatic rings. The lowest BCUT2D eigenvalue weighted by molar-refractivity contribution is 0.197. The molecule has 4 nitrogen and oxygen atoms in total. The van der Waals surface area contributed by atoms with Crippen molar-refractivity contribution < 1.29 is 9.47 Å². The molecular formula is C16H24N2O2. The van der Waals surface area contributed by atoms with Gasteiger partial charge >= 0.3 is 0 Å². The highest BCUT2D eigenvalue weighted by molar-refractivity contribution is 5.51. The normalized spacial score (nSPS) is 17.6. The Kier molecular flexibility index (Phi) is 5.04.